The number of hydrogen-bond acceptors (Lipinski definition) is 2. The quantitative estimate of drug-likeness (QED) is 0.559. The molecule has 0 unspecified atom stereocenters. The summed E-state index contributed by atoms with van der Waals surface area (Å²) in [6, 6.07) is 20.9. The fourth-order valence-corrected chi connectivity index (χ4v) is 2.93. The molecule has 4 rings (SSSR count). The van der Waals surface area contributed by atoms with E-state index in [0.29, 0.717) is 0 Å². The second-order valence-electron chi connectivity index (χ2n) is 5.69. The predicted molar refractivity (Wildman–Crippen MR) is 93.2 cm³/mol. The fraction of sp³-hybridized carbons (Fsp3) is 0.100. The zero-order chi connectivity index (χ0) is 15.6. The van der Waals surface area contributed by atoms with Crippen molar-refractivity contribution in [2.24, 2.45) is 0 Å². The lowest BCUT2D eigenvalue weighted by Crippen LogP contribution is -2.02. The van der Waals surface area contributed by atoms with Crippen LogP contribution in [0.3, 0.4) is 0 Å². The van der Waals surface area contributed by atoms with Crippen LogP contribution in [-0.2, 0) is 6.54 Å². The monoisotopic (exact) mass is 299 g/mol. The number of pyridine rings is 1. The number of fused-ring (bicyclic) bond motifs is 1. The van der Waals surface area contributed by atoms with Gasteiger partial charge in [-0.15, -0.1) is 0 Å². The molecule has 0 bridgehead atoms. The number of rotatable bonds is 3. The number of hydrogen-bond donors (Lipinski definition) is 0. The first kappa shape index (κ1) is 13.7. The molecule has 0 aliphatic carbocycles. The summed E-state index contributed by atoms with van der Waals surface area (Å²) in [6.45, 7) is 2.91. The van der Waals surface area contributed by atoms with Gasteiger partial charge < -0.3 is 4.57 Å². The van der Waals surface area contributed by atoms with Crippen LogP contribution in [0, 0.1) is 6.92 Å². The van der Waals surface area contributed by atoms with Crippen LogP contribution in [0.15, 0.2) is 73.1 Å². The first-order chi connectivity index (χ1) is 11.3. The van der Waals surface area contributed by atoms with Crippen molar-refractivity contribution >= 4 is 11.0 Å². The topological polar surface area (TPSA) is 30.7 Å². The molecule has 0 saturated heterocycles. The maximum absolute atomic E-state index is 4.91. The zero-order valence-corrected chi connectivity index (χ0v) is 13.0. The molecular formula is C20H17N3. The third kappa shape index (κ3) is 2.50. The molecule has 0 N–H and O–H groups in total. The van der Waals surface area contributed by atoms with E-state index in [1.807, 2.05) is 30.6 Å². The molecule has 0 atom stereocenters. The van der Waals surface area contributed by atoms with Gasteiger partial charge in [-0.1, -0.05) is 42.5 Å². The highest BCUT2D eigenvalue weighted by Gasteiger charge is 2.14. The number of benzene rings is 2. The van der Waals surface area contributed by atoms with Crippen LogP contribution in [-0.4, -0.2) is 14.5 Å². The van der Waals surface area contributed by atoms with Gasteiger partial charge in [-0.05, 0) is 36.2 Å². The highest BCUT2D eigenvalue weighted by Crippen LogP contribution is 2.27. The molecule has 2 heterocycles. The second-order valence-corrected chi connectivity index (χ2v) is 5.69. The van der Waals surface area contributed by atoms with Crippen LogP contribution < -0.4 is 0 Å². The highest BCUT2D eigenvalue weighted by molar-refractivity contribution is 5.83. The molecule has 112 valence electrons. The molecule has 0 spiro atoms. The van der Waals surface area contributed by atoms with Gasteiger partial charge in [0.15, 0.2) is 0 Å². The van der Waals surface area contributed by atoms with Crippen molar-refractivity contribution in [1.29, 1.82) is 0 Å². The van der Waals surface area contributed by atoms with E-state index in [-0.39, 0.29) is 0 Å². The predicted octanol–water partition coefficient (Wildman–Crippen LogP) is 4.46. The summed E-state index contributed by atoms with van der Waals surface area (Å²) in [5, 5.41) is 0. The van der Waals surface area contributed by atoms with E-state index in [1.54, 1.807) is 0 Å². The van der Waals surface area contributed by atoms with Crippen LogP contribution in [0.25, 0.3) is 22.4 Å². The molecule has 0 saturated carbocycles. The van der Waals surface area contributed by atoms with Crippen LogP contribution >= 0.6 is 0 Å². The molecule has 2 aromatic carbocycles. The molecule has 0 fully saturated rings. The van der Waals surface area contributed by atoms with Crippen LogP contribution in [0.4, 0.5) is 0 Å². The lowest BCUT2D eigenvalue weighted by molar-refractivity contribution is 0.834. The Bertz CT molecular complexity index is 941. The smallest absolute Gasteiger partial charge is 0.141 e. The van der Waals surface area contributed by atoms with Crippen molar-refractivity contribution in [1.82, 2.24) is 14.5 Å². The van der Waals surface area contributed by atoms with Crippen molar-refractivity contribution in [3.8, 4) is 11.4 Å². The second kappa shape index (κ2) is 5.69. The summed E-state index contributed by atoms with van der Waals surface area (Å²) >= 11 is 0. The van der Waals surface area contributed by atoms with Gasteiger partial charge in [0.1, 0.15) is 5.82 Å². The minimum absolute atomic E-state index is 0.804. The van der Waals surface area contributed by atoms with E-state index in [1.165, 1.54) is 16.6 Å². The normalized spacial score (nSPS) is 11.0. The van der Waals surface area contributed by atoms with Crippen LogP contribution in [0.1, 0.15) is 11.1 Å². The Kier molecular flexibility index (Phi) is 3.39. The molecule has 0 amide bonds. The van der Waals surface area contributed by atoms with Gasteiger partial charge in [0.05, 0.1) is 11.0 Å². The minimum atomic E-state index is 0.804. The highest BCUT2D eigenvalue weighted by atomic mass is 15.1. The number of aromatic nitrogens is 3. The van der Waals surface area contributed by atoms with E-state index in [0.717, 1.165) is 23.4 Å². The summed E-state index contributed by atoms with van der Waals surface area (Å²) in [6.07, 6.45) is 3.63. The summed E-state index contributed by atoms with van der Waals surface area (Å²) in [7, 11) is 0. The largest absolute Gasteiger partial charge is 0.319 e. The Hall–Kier alpha value is -2.94. The molecule has 0 radical (unpaired) electrons. The Morgan fingerprint density at radius 2 is 1.65 bits per heavy atom. The van der Waals surface area contributed by atoms with Crippen molar-refractivity contribution in [2.45, 2.75) is 13.5 Å². The Morgan fingerprint density at radius 3 is 2.43 bits per heavy atom. The van der Waals surface area contributed by atoms with Gasteiger partial charge >= 0.3 is 0 Å². The first-order valence-electron chi connectivity index (χ1n) is 7.73. The van der Waals surface area contributed by atoms with Gasteiger partial charge in [-0.2, -0.15) is 0 Å². The number of aryl methyl sites for hydroxylation is 1. The Balaban J connectivity index is 1.94. The van der Waals surface area contributed by atoms with Crippen molar-refractivity contribution in [2.75, 3.05) is 0 Å². The fourth-order valence-electron chi connectivity index (χ4n) is 2.93. The zero-order valence-electron chi connectivity index (χ0n) is 13.0. The SMILES string of the molecule is Cc1cccc2c1nc(-c1ccncc1)n2Cc1ccccc1. The van der Waals surface area contributed by atoms with Gasteiger partial charge in [0.2, 0.25) is 0 Å². The molecule has 2 aromatic heterocycles. The van der Waals surface area contributed by atoms with Gasteiger partial charge in [-0.25, -0.2) is 4.98 Å². The molecular weight excluding hydrogens is 282 g/mol. The summed E-state index contributed by atoms with van der Waals surface area (Å²) in [5.74, 6) is 0.987. The van der Waals surface area contributed by atoms with Gasteiger partial charge in [0.25, 0.3) is 0 Å². The van der Waals surface area contributed by atoms with Crippen molar-refractivity contribution in [3.05, 3.63) is 84.2 Å². The number of para-hydroxylation sites is 1. The van der Waals surface area contributed by atoms with E-state index < -0.39 is 0 Å². The van der Waals surface area contributed by atoms with E-state index in [9.17, 15) is 0 Å². The lowest BCUT2D eigenvalue weighted by atomic mass is 10.2. The maximum Gasteiger partial charge on any atom is 0.141 e. The van der Waals surface area contributed by atoms with Crippen LogP contribution in [0.5, 0.6) is 0 Å². The van der Waals surface area contributed by atoms with Crippen molar-refractivity contribution < 1.29 is 0 Å². The summed E-state index contributed by atoms with van der Waals surface area (Å²) in [5.41, 5.74) is 5.79. The van der Waals surface area contributed by atoms with Gasteiger partial charge in [0, 0.05) is 24.5 Å². The Labute approximate surface area is 135 Å². The summed E-state index contributed by atoms with van der Waals surface area (Å²) in [4.78, 5) is 9.03. The first-order valence-corrected chi connectivity index (χ1v) is 7.73. The third-order valence-electron chi connectivity index (χ3n) is 4.10. The Morgan fingerprint density at radius 1 is 0.870 bits per heavy atom. The van der Waals surface area contributed by atoms with Crippen molar-refractivity contribution in [3.63, 3.8) is 0 Å². The molecule has 4 aromatic rings. The molecule has 23 heavy (non-hydrogen) atoms. The average Bonchev–Trinajstić information content (AvgIpc) is 2.97. The van der Waals surface area contributed by atoms with E-state index in [4.69, 9.17) is 4.98 Å². The summed E-state index contributed by atoms with van der Waals surface area (Å²) < 4.78 is 2.28. The van der Waals surface area contributed by atoms with Crippen LogP contribution in [0.2, 0.25) is 0 Å². The van der Waals surface area contributed by atoms with E-state index >= 15 is 0 Å². The van der Waals surface area contributed by atoms with E-state index in [2.05, 4.69) is 58.9 Å². The molecule has 3 heteroatoms. The number of imidazole rings is 1. The minimum Gasteiger partial charge on any atom is -0.319 e. The molecule has 0 aliphatic rings. The lowest BCUT2D eigenvalue weighted by Gasteiger charge is -2.09. The molecule has 3 nitrogen and oxygen atoms in total. The maximum atomic E-state index is 4.91. The third-order valence-corrected chi connectivity index (χ3v) is 4.10. The van der Waals surface area contributed by atoms with Gasteiger partial charge in [-0.3, -0.25) is 4.98 Å². The molecule has 0 aliphatic heterocycles. The number of nitrogens with zero attached hydrogens (tertiary/aromatic N) is 3. The standard InChI is InChI=1S/C20H17N3/c1-15-6-5-9-18-19(15)22-20(17-10-12-21-13-11-17)23(18)14-16-7-3-2-4-8-16/h2-13H,14H2,1H3. The average molecular weight is 299 g/mol.